The molecular formula is C12H13N3O3S. The number of benzene rings is 1. The van der Waals surface area contributed by atoms with Crippen molar-refractivity contribution in [1.82, 2.24) is 14.5 Å². The zero-order valence-electron chi connectivity index (χ0n) is 10.1. The molecule has 0 radical (unpaired) electrons. The van der Waals surface area contributed by atoms with Gasteiger partial charge in [-0.05, 0) is 18.2 Å². The summed E-state index contributed by atoms with van der Waals surface area (Å²) in [4.78, 5) is 11.6. The van der Waals surface area contributed by atoms with Gasteiger partial charge in [0.15, 0.2) is 0 Å². The maximum absolute atomic E-state index is 11.9. The molecule has 1 aromatic carbocycles. The number of sulfonamides is 1. The summed E-state index contributed by atoms with van der Waals surface area (Å²) < 4.78 is 27.4. The van der Waals surface area contributed by atoms with Crippen LogP contribution in [0.15, 0.2) is 58.4 Å². The van der Waals surface area contributed by atoms with Gasteiger partial charge in [0.05, 0.1) is 11.4 Å². The number of hydrogen-bond donors (Lipinski definition) is 1. The van der Waals surface area contributed by atoms with Crippen molar-refractivity contribution in [3.8, 4) is 0 Å². The van der Waals surface area contributed by atoms with E-state index in [1.807, 2.05) is 0 Å². The van der Waals surface area contributed by atoms with Crippen molar-refractivity contribution in [3.05, 3.63) is 59.0 Å². The van der Waals surface area contributed by atoms with Crippen LogP contribution in [0.25, 0.3) is 0 Å². The summed E-state index contributed by atoms with van der Waals surface area (Å²) in [5.41, 5.74) is -0.263. The first-order valence-electron chi connectivity index (χ1n) is 5.66. The van der Waals surface area contributed by atoms with E-state index in [1.54, 1.807) is 18.2 Å². The average molecular weight is 279 g/mol. The third kappa shape index (κ3) is 3.49. The zero-order chi connectivity index (χ0) is 13.7. The third-order valence-electron chi connectivity index (χ3n) is 2.45. The Hall–Kier alpha value is -1.99. The van der Waals surface area contributed by atoms with Gasteiger partial charge in [0.1, 0.15) is 0 Å². The highest BCUT2D eigenvalue weighted by atomic mass is 32.2. The molecule has 0 atom stereocenters. The predicted molar refractivity (Wildman–Crippen MR) is 70.1 cm³/mol. The summed E-state index contributed by atoms with van der Waals surface area (Å²) in [5.74, 6) is 0. The lowest BCUT2D eigenvalue weighted by molar-refractivity contribution is 0.547. The molecule has 2 aromatic rings. The molecule has 0 saturated heterocycles. The number of rotatable bonds is 5. The van der Waals surface area contributed by atoms with Gasteiger partial charge >= 0.3 is 0 Å². The Morgan fingerprint density at radius 1 is 1.11 bits per heavy atom. The highest BCUT2D eigenvalue weighted by molar-refractivity contribution is 7.89. The number of nitrogens with one attached hydrogen (secondary N) is 1. The fourth-order valence-corrected chi connectivity index (χ4v) is 2.57. The Morgan fingerprint density at radius 2 is 1.84 bits per heavy atom. The van der Waals surface area contributed by atoms with Crippen LogP contribution in [-0.4, -0.2) is 24.7 Å². The van der Waals surface area contributed by atoms with E-state index < -0.39 is 10.0 Å². The van der Waals surface area contributed by atoms with Gasteiger partial charge in [-0.1, -0.05) is 18.2 Å². The number of nitrogens with zero attached hydrogens (tertiary/aromatic N) is 2. The lowest BCUT2D eigenvalue weighted by Gasteiger charge is -2.07. The fraction of sp³-hybridized carbons (Fsp3) is 0.167. The molecule has 1 N–H and O–H groups in total. The summed E-state index contributed by atoms with van der Waals surface area (Å²) in [6, 6.07) is 11.0. The summed E-state index contributed by atoms with van der Waals surface area (Å²) in [7, 11) is -3.54. The molecule has 0 fully saturated rings. The van der Waals surface area contributed by atoms with E-state index in [-0.39, 0.29) is 23.5 Å². The molecule has 1 heterocycles. The second-order valence-corrected chi connectivity index (χ2v) is 5.56. The minimum atomic E-state index is -3.54. The van der Waals surface area contributed by atoms with Crippen molar-refractivity contribution in [2.45, 2.75) is 11.4 Å². The van der Waals surface area contributed by atoms with E-state index in [9.17, 15) is 13.2 Å². The quantitative estimate of drug-likeness (QED) is 0.849. The van der Waals surface area contributed by atoms with Gasteiger partial charge in [0, 0.05) is 18.8 Å². The van der Waals surface area contributed by atoms with Gasteiger partial charge in [0.25, 0.3) is 5.56 Å². The third-order valence-corrected chi connectivity index (χ3v) is 3.93. The highest BCUT2D eigenvalue weighted by Crippen LogP contribution is 2.06. The largest absolute Gasteiger partial charge is 0.268 e. The van der Waals surface area contributed by atoms with Crippen LogP contribution in [0.2, 0.25) is 0 Å². The Morgan fingerprint density at radius 3 is 2.53 bits per heavy atom. The van der Waals surface area contributed by atoms with Crippen LogP contribution in [0, 0.1) is 0 Å². The van der Waals surface area contributed by atoms with Crippen molar-refractivity contribution in [2.75, 3.05) is 6.54 Å². The van der Waals surface area contributed by atoms with E-state index in [2.05, 4.69) is 9.82 Å². The van der Waals surface area contributed by atoms with E-state index in [0.29, 0.717) is 0 Å². The lowest BCUT2D eigenvalue weighted by Crippen LogP contribution is -2.31. The molecule has 0 aliphatic rings. The minimum Gasteiger partial charge on any atom is -0.268 e. The van der Waals surface area contributed by atoms with E-state index >= 15 is 0 Å². The summed E-state index contributed by atoms with van der Waals surface area (Å²) in [5, 5.41) is 3.84. The first-order chi connectivity index (χ1) is 9.09. The summed E-state index contributed by atoms with van der Waals surface area (Å²) >= 11 is 0. The Labute approximate surface area is 110 Å². The molecule has 1 aromatic heterocycles. The molecule has 6 nitrogen and oxygen atoms in total. The van der Waals surface area contributed by atoms with Crippen molar-refractivity contribution in [3.63, 3.8) is 0 Å². The van der Waals surface area contributed by atoms with E-state index in [4.69, 9.17) is 0 Å². The monoisotopic (exact) mass is 279 g/mol. The van der Waals surface area contributed by atoms with Crippen LogP contribution in [0.1, 0.15) is 0 Å². The van der Waals surface area contributed by atoms with E-state index in [1.165, 1.54) is 35.1 Å². The number of aromatic nitrogens is 2. The highest BCUT2D eigenvalue weighted by Gasteiger charge is 2.12. The molecule has 19 heavy (non-hydrogen) atoms. The van der Waals surface area contributed by atoms with Crippen molar-refractivity contribution < 1.29 is 8.42 Å². The molecule has 0 aliphatic carbocycles. The molecule has 100 valence electrons. The first kappa shape index (κ1) is 13.4. The predicted octanol–water partition coefficient (Wildman–Crippen LogP) is 0.222. The van der Waals surface area contributed by atoms with E-state index in [0.717, 1.165) is 0 Å². The van der Waals surface area contributed by atoms with Crippen LogP contribution >= 0.6 is 0 Å². The van der Waals surface area contributed by atoms with Crippen molar-refractivity contribution >= 4 is 10.0 Å². The molecule has 0 amide bonds. The lowest BCUT2D eigenvalue weighted by atomic mass is 10.4. The molecule has 0 aliphatic heterocycles. The van der Waals surface area contributed by atoms with Crippen LogP contribution in [0.5, 0.6) is 0 Å². The standard InChI is InChI=1S/C12H13N3O3S/c16-12-7-4-8-13-15(12)10-9-14-19(17,18)11-5-2-1-3-6-11/h1-8,14H,9-10H2. The average Bonchev–Trinajstić information content (AvgIpc) is 2.42. The maximum Gasteiger partial charge on any atom is 0.266 e. The molecule has 2 rings (SSSR count). The molecule has 0 unspecified atom stereocenters. The van der Waals surface area contributed by atoms with Gasteiger partial charge in [-0.2, -0.15) is 5.10 Å². The second kappa shape index (κ2) is 5.77. The fourth-order valence-electron chi connectivity index (χ4n) is 1.52. The second-order valence-electron chi connectivity index (χ2n) is 3.80. The van der Waals surface area contributed by atoms with Gasteiger partial charge in [-0.25, -0.2) is 17.8 Å². The molecular weight excluding hydrogens is 266 g/mol. The molecule has 0 spiro atoms. The topological polar surface area (TPSA) is 81.1 Å². The minimum absolute atomic E-state index is 0.105. The summed E-state index contributed by atoms with van der Waals surface area (Å²) in [6.07, 6.45) is 1.48. The SMILES string of the molecule is O=c1cccnn1CCNS(=O)(=O)c1ccccc1. The number of hydrogen-bond acceptors (Lipinski definition) is 4. The van der Waals surface area contributed by atoms with Crippen LogP contribution < -0.4 is 10.3 Å². The van der Waals surface area contributed by atoms with Gasteiger partial charge < -0.3 is 0 Å². The van der Waals surface area contributed by atoms with Crippen LogP contribution in [0.4, 0.5) is 0 Å². The Kier molecular flexibility index (Phi) is 4.08. The van der Waals surface area contributed by atoms with Crippen LogP contribution in [0.3, 0.4) is 0 Å². The van der Waals surface area contributed by atoms with Crippen molar-refractivity contribution in [2.24, 2.45) is 0 Å². The van der Waals surface area contributed by atoms with Gasteiger partial charge in [-0.3, -0.25) is 4.79 Å². The van der Waals surface area contributed by atoms with Crippen LogP contribution in [-0.2, 0) is 16.6 Å². The van der Waals surface area contributed by atoms with Crippen molar-refractivity contribution in [1.29, 1.82) is 0 Å². The zero-order valence-corrected chi connectivity index (χ0v) is 10.9. The molecule has 0 saturated carbocycles. The van der Waals surface area contributed by atoms with Gasteiger partial charge in [0.2, 0.25) is 10.0 Å². The Bertz CT molecular complexity index is 695. The smallest absolute Gasteiger partial charge is 0.266 e. The Balaban J connectivity index is 2.00. The van der Waals surface area contributed by atoms with Gasteiger partial charge in [-0.15, -0.1) is 0 Å². The normalized spacial score (nSPS) is 11.4. The molecule has 0 bridgehead atoms. The summed E-state index contributed by atoms with van der Waals surface area (Å²) in [6.45, 7) is 0.292. The molecule has 7 heteroatoms. The first-order valence-corrected chi connectivity index (χ1v) is 7.15. The maximum atomic E-state index is 11.9.